The second-order valence-corrected chi connectivity index (χ2v) is 5.78. The zero-order chi connectivity index (χ0) is 11.8. The molecule has 1 atom stereocenters. The van der Waals surface area contributed by atoms with Gasteiger partial charge in [-0.15, -0.1) is 11.3 Å². The van der Waals surface area contributed by atoms with Gasteiger partial charge in [0.05, 0.1) is 6.04 Å². The van der Waals surface area contributed by atoms with Crippen LogP contribution in [0.15, 0.2) is 36.4 Å². The number of hydrogen-bond acceptors (Lipinski definition) is 3. The Morgan fingerprint density at radius 1 is 1.24 bits per heavy atom. The first-order valence-electron chi connectivity index (χ1n) is 5.85. The molecule has 0 unspecified atom stereocenters. The standard InChI is InChI=1S/C14H15NOS/c1-10-6-7-13(17-10)14-12-5-3-2-4-11(12)8-9-15(14)16/h2-7,14,16H,8-9H2,1H3/t14-/m1/s1. The van der Waals surface area contributed by atoms with Crippen LogP contribution in [-0.2, 0) is 6.42 Å². The molecular formula is C14H15NOS. The number of hydrogen-bond donors (Lipinski definition) is 1. The van der Waals surface area contributed by atoms with E-state index in [1.54, 1.807) is 11.3 Å². The van der Waals surface area contributed by atoms with Crippen molar-refractivity contribution in [2.24, 2.45) is 0 Å². The van der Waals surface area contributed by atoms with Crippen LogP contribution < -0.4 is 0 Å². The van der Waals surface area contributed by atoms with E-state index in [4.69, 9.17) is 0 Å². The lowest BCUT2D eigenvalue weighted by molar-refractivity contribution is -0.120. The van der Waals surface area contributed by atoms with Crippen molar-refractivity contribution in [2.75, 3.05) is 6.54 Å². The summed E-state index contributed by atoms with van der Waals surface area (Å²) in [6.45, 7) is 2.81. The zero-order valence-electron chi connectivity index (χ0n) is 9.76. The Kier molecular flexibility index (Phi) is 2.74. The van der Waals surface area contributed by atoms with Crippen LogP contribution in [0.5, 0.6) is 0 Å². The molecule has 1 aliphatic rings. The third-order valence-corrected chi connectivity index (χ3v) is 4.34. The van der Waals surface area contributed by atoms with Crippen molar-refractivity contribution in [1.82, 2.24) is 5.06 Å². The number of aryl methyl sites for hydroxylation is 1. The Balaban J connectivity index is 2.09. The summed E-state index contributed by atoms with van der Waals surface area (Å²) in [4.78, 5) is 2.51. The van der Waals surface area contributed by atoms with E-state index < -0.39 is 0 Å². The predicted molar refractivity (Wildman–Crippen MR) is 69.5 cm³/mol. The van der Waals surface area contributed by atoms with Crippen LogP contribution in [0.4, 0.5) is 0 Å². The molecule has 2 nitrogen and oxygen atoms in total. The molecule has 0 aliphatic carbocycles. The van der Waals surface area contributed by atoms with Crippen LogP contribution >= 0.6 is 11.3 Å². The van der Waals surface area contributed by atoms with Gasteiger partial charge in [-0.3, -0.25) is 0 Å². The lowest BCUT2D eigenvalue weighted by Crippen LogP contribution is -2.32. The third kappa shape index (κ3) is 1.90. The molecule has 1 aliphatic heterocycles. The van der Waals surface area contributed by atoms with Gasteiger partial charge >= 0.3 is 0 Å². The van der Waals surface area contributed by atoms with Gasteiger partial charge in [0.1, 0.15) is 0 Å². The molecule has 0 spiro atoms. The van der Waals surface area contributed by atoms with E-state index >= 15 is 0 Å². The molecule has 17 heavy (non-hydrogen) atoms. The van der Waals surface area contributed by atoms with Crippen molar-refractivity contribution in [3.05, 3.63) is 57.3 Å². The SMILES string of the molecule is Cc1ccc([C@H]2c3ccccc3CCN2O)s1. The Labute approximate surface area is 105 Å². The maximum absolute atomic E-state index is 10.1. The summed E-state index contributed by atoms with van der Waals surface area (Å²) in [5, 5.41) is 11.6. The quantitative estimate of drug-likeness (QED) is 0.832. The molecule has 3 rings (SSSR count). The van der Waals surface area contributed by atoms with Gasteiger partial charge in [0, 0.05) is 16.3 Å². The van der Waals surface area contributed by atoms with Crippen molar-refractivity contribution >= 4 is 11.3 Å². The van der Waals surface area contributed by atoms with Gasteiger partial charge in [-0.05, 0) is 36.6 Å². The van der Waals surface area contributed by atoms with Gasteiger partial charge < -0.3 is 5.21 Å². The number of fused-ring (bicyclic) bond motifs is 1. The van der Waals surface area contributed by atoms with Crippen molar-refractivity contribution < 1.29 is 5.21 Å². The Hall–Kier alpha value is -1.16. The Morgan fingerprint density at radius 2 is 2.06 bits per heavy atom. The molecule has 0 bridgehead atoms. The number of rotatable bonds is 1. The Bertz CT molecular complexity index is 535. The first-order valence-corrected chi connectivity index (χ1v) is 6.67. The summed E-state index contributed by atoms with van der Waals surface area (Å²) in [7, 11) is 0. The normalized spacial score (nSPS) is 20.2. The molecule has 0 saturated heterocycles. The highest BCUT2D eigenvalue weighted by Gasteiger charge is 2.28. The van der Waals surface area contributed by atoms with E-state index in [-0.39, 0.29) is 6.04 Å². The predicted octanol–water partition coefficient (Wildman–Crippen LogP) is 3.39. The van der Waals surface area contributed by atoms with E-state index in [0.29, 0.717) is 6.54 Å². The number of benzene rings is 1. The topological polar surface area (TPSA) is 23.5 Å². The van der Waals surface area contributed by atoms with E-state index in [9.17, 15) is 5.21 Å². The molecule has 0 saturated carbocycles. The fourth-order valence-electron chi connectivity index (χ4n) is 2.45. The molecule has 1 N–H and O–H groups in total. The summed E-state index contributed by atoms with van der Waals surface area (Å²) in [5.74, 6) is 0. The Morgan fingerprint density at radius 3 is 2.82 bits per heavy atom. The van der Waals surface area contributed by atoms with Crippen molar-refractivity contribution in [1.29, 1.82) is 0 Å². The van der Waals surface area contributed by atoms with Crippen molar-refractivity contribution in [2.45, 2.75) is 19.4 Å². The highest BCUT2D eigenvalue weighted by molar-refractivity contribution is 7.12. The minimum absolute atomic E-state index is 0.0126. The van der Waals surface area contributed by atoms with Gasteiger partial charge in [0.2, 0.25) is 0 Å². The van der Waals surface area contributed by atoms with Gasteiger partial charge in [-0.2, -0.15) is 5.06 Å². The van der Waals surface area contributed by atoms with Crippen molar-refractivity contribution in [3.8, 4) is 0 Å². The smallest absolute Gasteiger partial charge is 0.0944 e. The molecule has 1 aromatic carbocycles. The average Bonchev–Trinajstić information content (AvgIpc) is 2.75. The monoisotopic (exact) mass is 245 g/mol. The summed E-state index contributed by atoms with van der Waals surface area (Å²) < 4.78 is 0. The second kappa shape index (κ2) is 4.26. The maximum atomic E-state index is 10.1. The number of nitrogens with zero attached hydrogens (tertiary/aromatic N) is 1. The summed E-state index contributed by atoms with van der Waals surface area (Å²) in [6, 6.07) is 12.7. The van der Waals surface area contributed by atoms with E-state index in [1.165, 1.54) is 25.9 Å². The summed E-state index contributed by atoms with van der Waals surface area (Å²) >= 11 is 1.76. The second-order valence-electron chi connectivity index (χ2n) is 4.46. The highest BCUT2D eigenvalue weighted by atomic mass is 32.1. The molecule has 2 aromatic rings. The molecule has 2 heterocycles. The lowest BCUT2D eigenvalue weighted by atomic mass is 9.93. The van der Waals surface area contributed by atoms with E-state index in [1.807, 2.05) is 6.07 Å². The molecule has 0 fully saturated rings. The van der Waals surface area contributed by atoms with E-state index in [2.05, 4.69) is 37.3 Å². The fourth-order valence-corrected chi connectivity index (χ4v) is 3.46. The largest absolute Gasteiger partial charge is 0.313 e. The first-order chi connectivity index (χ1) is 8.25. The van der Waals surface area contributed by atoms with Crippen LogP contribution in [0.2, 0.25) is 0 Å². The zero-order valence-corrected chi connectivity index (χ0v) is 10.6. The minimum atomic E-state index is 0.0126. The molecule has 1 aromatic heterocycles. The summed E-state index contributed by atoms with van der Waals surface area (Å²) in [5.41, 5.74) is 2.59. The number of thiophene rings is 1. The molecule has 0 amide bonds. The maximum Gasteiger partial charge on any atom is 0.0944 e. The van der Waals surface area contributed by atoms with Crippen LogP contribution in [0.1, 0.15) is 26.9 Å². The highest BCUT2D eigenvalue weighted by Crippen LogP contribution is 2.36. The van der Waals surface area contributed by atoms with E-state index in [0.717, 1.165) is 6.42 Å². The van der Waals surface area contributed by atoms with Crippen LogP contribution in [0, 0.1) is 6.92 Å². The molecule has 3 heteroatoms. The molecular weight excluding hydrogens is 230 g/mol. The van der Waals surface area contributed by atoms with Gasteiger partial charge in [0.15, 0.2) is 0 Å². The first kappa shape index (κ1) is 11.0. The van der Waals surface area contributed by atoms with Gasteiger partial charge in [-0.1, -0.05) is 24.3 Å². The lowest BCUT2D eigenvalue weighted by Gasteiger charge is -2.32. The third-order valence-electron chi connectivity index (χ3n) is 3.29. The number of hydroxylamine groups is 2. The molecule has 88 valence electrons. The fraction of sp³-hybridized carbons (Fsp3) is 0.286. The van der Waals surface area contributed by atoms with Crippen LogP contribution in [0.25, 0.3) is 0 Å². The average molecular weight is 245 g/mol. The van der Waals surface area contributed by atoms with Crippen molar-refractivity contribution in [3.63, 3.8) is 0 Å². The minimum Gasteiger partial charge on any atom is -0.313 e. The molecule has 0 radical (unpaired) electrons. The summed E-state index contributed by atoms with van der Waals surface area (Å²) in [6.07, 6.45) is 0.924. The van der Waals surface area contributed by atoms with Crippen LogP contribution in [-0.4, -0.2) is 16.8 Å². The van der Waals surface area contributed by atoms with Gasteiger partial charge in [0.25, 0.3) is 0 Å². The van der Waals surface area contributed by atoms with Crippen LogP contribution in [0.3, 0.4) is 0 Å². The van der Waals surface area contributed by atoms with Gasteiger partial charge in [-0.25, -0.2) is 0 Å².